The van der Waals surface area contributed by atoms with E-state index in [2.05, 4.69) is 58.6 Å². The van der Waals surface area contributed by atoms with Crippen molar-refractivity contribution in [2.24, 2.45) is 4.99 Å². The molecule has 0 aromatic heterocycles. The number of hydrogen-bond acceptors (Lipinski definition) is 3. The lowest BCUT2D eigenvalue weighted by molar-refractivity contribution is 0.0389. The summed E-state index contributed by atoms with van der Waals surface area (Å²) in [6.45, 7) is 11.4. The molecule has 1 aliphatic rings. The van der Waals surface area contributed by atoms with Crippen molar-refractivity contribution >= 4 is 5.96 Å². The first-order chi connectivity index (χ1) is 10.8. The predicted molar refractivity (Wildman–Crippen MR) is 91.3 cm³/mol. The van der Waals surface area contributed by atoms with Gasteiger partial charge in [0.25, 0.3) is 0 Å². The Bertz CT molecular complexity index is 452. The molecule has 1 aliphatic heterocycles. The Labute approximate surface area is 133 Å². The number of guanidine groups is 1. The van der Waals surface area contributed by atoms with Crippen molar-refractivity contribution in [2.75, 3.05) is 45.9 Å². The lowest BCUT2D eigenvalue weighted by atomic mass is 10.1. The molecule has 1 fully saturated rings. The Kier molecular flexibility index (Phi) is 7.19. The Morgan fingerprint density at radius 3 is 2.59 bits per heavy atom. The number of morpholine rings is 1. The fourth-order valence-electron chi connectivity index (χ4n) is 2.36. The number of aliphatic imine (C=N–C) groups is 1. The zero-order valence-electron chi connectivity index (χ0n) is 13.8. The summed E-state index contributed by atoms with van der Waals surface area (Å²) in [5, 5.41) is 6.70. The molecule has 1 saturated heterocycles. The van der Waals surface area contributed by atoms with Crippen LogP contribution in [0.15, 0.2) is 29.3 Å². The lowest BCUT2D eigenvalue weighted by Gasteiger charge is -2.26. The van der Waals surface area contributed by atoms with E-state index in [4.69, 9.17) is 4.74 Å². The third-order valence-corrected chi connectivity index (χ3v) is 3.71. The fraction of sp³-hybridized carbons (Fsp3) is 0.588. The summed E-state index contributed by atoms with van der Waals surface area (Å²) >= 11 is 0. The van der Waals surface area contributed by atoms with Crippen LogP contribution in [0.3, 0.4) is 0 Å². The van der Waals surface area contributed by atoms with Gasteiger partial charge in [0.15, 0.2) is 5.96 Å². The molecule has 5 heteroatoms. The standard InChI is InChI=1S/C17H28N4O/c1-3-18-17(19-8-9-21-10-12-22-13-11-21)20-14-16-6-4-15(2)5-7-16/h4-7H,3,8-14H2,1-2H3,(H2,18,19,20). The Morgan fingerprint density at radius 2 is 1.91 bits per heavy atom. The minimum absolute atomic E-state index is 0.702. The summed E-state index contributed by atoms with van der Waals surface area (Å²) in [6.07, 6.45) is 0. The number of ether oxygens (including phenoxy) is 1. The van der Waals surface area contributed by atoms with Crippen LogP contribution in [0.2, 0.25) is 0 Å². The van der Waals surface area contributed by atoms with Crippen LogP contribution in [0.1, 0.15) is 18.1 Å². The van der Waals surface area contributed by atoms with Crippen LogP contribution in [0.5, 0.6) is 0 Å². The maximum Gasteiger partial charge on any atom is 0.191 e. The molecule has 5 nitrogen and oxygen atoms in total. The highest BCUT2D eigenvalue weighted by molar-refractivity contribution is 5.79. The maximum atomic E-state index is 5.36. The molecule has 1 aromatic carbocycles. The van der Waals surface area contributed by atoms with Crippen molar-refractivity contribution < 1.29 is 4.74 Å². The molecule has 0 saturated carbocycles. The molecular formula is C17H28N4O. The Morgan fingerprint density at radius 1 is 1.18 bits per heavy atom. The smallest absolute Gasteiger partial charge is 0.191 e. The van der Waals surface area contributed by atoms with Crippen LogP contribution in [0, 0.1) is 6.92 Å². The molecule has 22 heavy (non-hydrogen) atoms. The molecule has 1 aromatic rings. The third kappa shape index (κ3) is 6.03. The van der Waals surface area contributed by atoms with Gasteiger partial charge in [-0.15, -0.1) is 0 Å². The second-order valence-electron chi connectivity index (χ2n) is 5.56. The largest absolute Gasteiger partial charge is 0.379 e. The van der Waals surface area contributed by atoms with Gasteiger partial charge in [0, 0.05) is 32.7 Å². The number of benzene rings is 1. The van der Waals surface area contributed by atoms with E-state index >= 15 is 0 Å². The SMILES string of the molecule is CCNC(=NCc1ccc(C)cc1)NCCN1CCOCC1. The molecule has 0 unspecified atom stereocenters. The predicted octanol–water partition coefficient (Wildman–Crippen LogP) is 1.38. The summed E-state index contributed by atoms with van der Waals surface area (Å²) in [7, 11) is 0. The average molecular weight is 304 g/mol. The molecule has 2 rings (SSSR count). The first kappa shape index (κ1) is 16.8. The first-order valence-electron chi connectivity index (χ1n) is 8.16. The summed E-state index contributed by atoms with van der Waals surface area (Å²) in [5.41, 5.74) is 2.51. The highest BCUT2D eigenvalue weighted by Crippen LogP contribution is 2.04. The van der Waals surface area contributed by atoms with Crippen molar-refractivity contribution in [3.8, 4) is 0 Å². The fourth-order valence-corrected chi connectivity index (χ4v) is 2.36. The van der Waals surface area contributed by atoms with Gasteiger partial charge in [0.05, 0.1) is 19.8 Å². The molecule has 0 bridgehead atoms. The molecule has 2 N–H and O–H groups in total. The minimum atomic E-state index is 0.702. The van der Waals surface area contributed by atoms with Gasteiger partial charge in [0.2, 0.25) is 0 Å². The molecule has 0 spiro atoms. The van der Waals surface area contributed by atoms with E-state index in [9.17, 15) is 0 Å². The van der Waals surface area contributed by atoms with E-state index in [1.807, 2.05) is 0 Å². The number of rotatable bonds is 6. The molecule has 0 atom stereocenters. The van der Waals surface area contributed by atoms with Crippen LogP contribution in [-0.4, -0.2) is 56.8 Å². The zero-order valence-corrected chi connectivity index (χ0v) is 13.8. The Hall–Kier alpha value is -1.59. The Balaban J connectivity index is 1.77. The van der Waals surface area contributed by atoms with Crippen LogP contribution < -0.4 is 10.6 Å². The highest BCUT2D eigenvalue weighted by Gasteiger charge is 2.09. The van der Waals surface area contributed by atoms with E-state index in [1.54, 1.807) is 0 Å². The number of hydrogen-bond donors (Lipinski definition) is 2. The van der Waals surface area contributed by atoms with Gasteiger partial charge in [-0.25, -0.2) is 4.99 Å². The molecular weight excluding hydrogens is 276 g/mol. The van der Waals surface area contributed by atoms with E-state index in [1.165, 1.54) is 11.1 Å². The van der Waals surface area contributed by atoms with E-state index in [0.717, 1.165) is 51.9 Å². The van der Waals surface area contributed by atoms with Gasteiger partial charge < -0.3 is 15.4 Å². The van der Waals surface area contributed by atoms with Gasteiger partial charge in [-0.3, -0.25) is 4.90 Å². The van der Waals surface area contributed by atoms with E-state index in [-0.39, 0.29) is 0 Å². The van der Waals surface area contributed by atoms with Gasteiger partial charge in [-0.1, -0.05) is 29.8 Å². The number of aryl methyl sites for hydroxylation is 1. The summed E-state index contributed by atoms with van der Waals surface area (Å²) in [6, 6.07) is 8.53. The van der Waals surface area contributed by atoms with Gasteiger partial charge in [-0.05, 0) is 19.4 Å². The normalized spacial score (nSPS) is 16.5. The maximum absolute atomic E-state index is 5.36. The van der Waals surface area contributed by atoms with Crippen molar-refractivity contribution in [3.63, 3.8) is 0 Å². The monoisotopic (exact) mass is 304 g/mol. The summed E-state index contributed by atoms with van der Waals surface area (Å²) in [4.78, 5) is 7.06. The molecule has 122 valence electrons. The molecule has 1 heterocycles. The second-order valence-corrected chi connectivity index (χ2v) is 5.56. The summed E-state index contributed by atoms with van der Waals surface area (Å²) in [5.74, 6) is 0.885. The van der Waals surface area contributed by atoms with Gasteiger partial charge in [-0.2, -0.15) is 0 Å². The zero-order chi connectivity index (χ0) is 15.6. The van der Waals surface area contributed by atoms with Crippen LogP contribution >= 0.6 is 0 Å². The van der Waals surface area contributed by atoms with Crippen molar-refractivity contribution in [2.45, 2.75) is 20.4 Å². The third-order valence-electron chi connectivity index (χ3n) is 3.71. The van der Waals surface area contributed by atoms with E-state index < -0.39 is 0 Å². The quantitative estimate of drug-likeness (QED) is 0.616. The lowest BCUT2D eigenvalue weighted by Crippen LogP contribution is -2.44. The topological polar surface area (TPSA) is 48.9 Å². The van der Waals surface area contributed by atoms with Crippen LogP contribution in [0.25, 0.3) is 0 Å². The average Bonchev–Trinajstić information content (AvgIpc) is 2.55. The van der Waals surface area contributed by atoms with Crippen molar-refractivity contribution in [1.82, 2.24) is 15.5 Å². The van der Waals surface area contributed by atoms with Crippen molar-refractivity contribution in [1.29, 1.82) is 0 Å². The number of nitrogens with zero attached hydrogens (tertiary/aromatic N) is 2. The minimum Gasteiger partial charge on any atom is -0.379 e. The first-order valence-corrected chi connectivity index (χ1v) is 8.16. The highest BCUT2D eigenvalue weighted by atomic mass is 16.5. The van der Waals surface area contributed by atoms with Crippen LogP contribution in [-0.2, 0) is 11.3 Å². The molecule has 0 radical (unpaired) electrons. The molecule has 0 aliphatic carbocycles. The van der Waals surface area contributed by atoms with Crippen LogP contribution in [0.4, 0.5) is 0 Å². The second kappa shape index (κ2) is 9.43. The van der Waals surface area contributed by atoms with Crippen molar-refractivity contribution in [3.05, 3.63) is 35.4 Å². The number of nitrogens with one attached hydrogen (secondary N) is 2. The van der Waals surface area contributed by atoms with Gasteiger partial charge in [0.1, 0.15) is 0 Å². The van der Waals surface area contributed by atoms with Gasteiger partial charge >= 0.3 is 0 Å². The van der Waals surface area contributed by atoms with E-state index in [0.29, 0.717) is 6.54 Å². The summed E-state index contributed by atoms with van der Waals surface area (Å²) < 4.78 is 5.36. The molecule has 0 amide bonds.